The van der Waals surface area contributed by atoms with Gasteiger partial charge in [0.25, 0.3) is 0 Å². The second-order valence-corrected chi connectivity index (χ2v) is 6.48. The topological polar surface area (TPSA) is 55.6 Å². The molecule has 5 heteroatoms. The number of hydrogen-bond donors (Lipinski definition) is 1. The Hall–Kier alpha value is -1.42. The van der Waals surface area contributed by atoms with Crippen LogP contribution < -0.4 is 10.5 Å². The monoisotopic (exact) mass is 324 g/mol. The summed E-state index contributed by atoms with van der Waals surface area (Å²) in [4.78, 5) is 13.5. The van der Waals surface area contributed by atoms with Crippen molar-refractivity contribution in [3.63, 3.8) is 0 Å². The Labute approximate surface area is 137 Å². The highest BCUT2D eigenvalue weighted by Gasteiger charge is 2.25. The lowest BCUT2D eigenvalue weighted by molar-refractivity contribution is 0.146. The van der Waals surface area contributed by atoms with Crippen LogP contribution in [-0.2, 0) is 0 Å². The minimum absolute atomic E-state index is 0.286. The summed E-state index contributed by atoms with van der Waals surface area (Å²) in [6.07, 6.45) is 5.19. The molecule has 1 aromatic carbocycles. The fourth-order valence-electron chi connectivity index (χ4n) is 3.01. The number of rotatable bonds is 6. The number of carbonyl (C=O) groups is 1. The quantitative estimate of drug-likeness (QED) is 0.802. The molecule has 1 fully saturated rings. The Kier molecular flexibility index (Phi) is 6.37. The van der Waals surface area contributed by atoms with E-state index in [1.165, 1.54) is 12.8 Å². The summed E-state index contributed by atoms with van der Waals surface area (Å²) in [5.41, 5.74) is 5.54. The SMILES string of the molecule is C[C@H]1CC[C@H](N(CCCOc2ccccc2Cl)C(N)=O)CC1. The van der Waals surface area contributed by atoms with Crippen molar-refractivity contribution >= 4 is 17.6 Å². The van der Waals surface area contributed by atoms with Crippen LogP contribution in [0.3, 0.4) is 0 Å². The molecule has 22 heavy (non-hydrogen) atoms. The van der Waals surface area contributed by atoms with Gasteiger partial charge in [0.05, 0.1) is 11.6 Å². The molecule has 122 valence electrons. The van der Waals surface area contributed by atoms with E-state index in [1.54, 1.807) is 6.07 Å². The van der Waals surface area contributed by atoms with Crippen molar-refractivity contribution < 1.29 is 9.53 Å². The summed E-state index contributed by atoms with van der Waals surface area (Å²) in [5.74, 6) is 1.44. The van der Waals surface area contributed by atoms with Crippen LogP contribution >= 0.6 is 11.6 Å². The average molecular weight is 325 g/mol. The zero-order chi connectivity index (χ0) is 15.9. The summed E-state index contributed by atoms with van der Waals surface area (Å²) >= 11 is 6.04. The average Bonchev–Trinajstić information content (AvgIpc) is 2.50. The Bertz CT molecular complexity index is 487. The third-order valence-corrected chi connectivity index (χ3v) is 4.66. The summed E-state index contributed by atoms with van der Waals surface area (Å²) in [6, 6.07) is 7.37. The molecule has 0 heterocycles. The van der Waals surface area contributed by atoms with Gasteiger partial charge in [-0.25, -0.2) is 4.79 Å². The molecule has 1 aliphatic carbocycles. The molecule has 0 radical (unpaired) electrons. The van der Waals surface area contributed by atoms with Gasteiger partial charge in [-0.3, -0.25) is 0 Å². The number of carbonyl (C=O) groups excluding carboxylic acids is 1. The van der Waals surface area contributed by atoms with Gasteiger partial charge < -0.3 is 15.4 Å². The Morgan fingerprint density at radius 2 is 2.00 bits per heavy atom. The molecule has 2 rings (SSSR count). The predicted molar refractivity (Wildman–Crippen MR) is 89.3 cm³/mol. The number of hydrogen-bond acceptors (Lipinski definition) is 2. The van der Waals surface area contributed by atoms with Crippen LogP contribution in [0.15, 0.2) is 24.3 Å². The summed E-state index contributed by atoms with van der Waals surface area (Å²) in [7, 11) is 0. The summed E-state index contributed by atoms with van der Waals surface area (Å²) < 4.78 is 5.66. The van der Waals surface area contributed by atoms with E-state index < -0.39 is 0 Å². The molecule has 0 aliphatic heterocycles. The highest BCUT2D eigenvalue weighted by atomic mass is 35.5. The Balaban J connectivity index is 1.77. The maximum absolute atomic E-state index is 11.7. The van der Waals surface area contributed by atoms with E-state index in [0.29, 0.717) is 23.9 Å². The molecule has 1 saturated carbocycles. The number of primary amides is 1. The van der Waals surface area contributed by atoms with Gasteiger partial charge in [0.15, 0.2) is 0 Å². The first-order chi connectivity index (χ1) is 10.6. The molecule has 2 N–H and O–H groups in total. The maximum Gasteiger partial charge on any atom is 0.315 e. The number of nitrogens with zero attached hydrogens (tertiary/aromatic N) is 1. The van der Waals surface area contributed by atoms with E-state index in [-0.39, 0.29) is 12.1 Å². The van der Waals surface area contributed by atoms with Crippen molar-refractivity contribution in [2.45, 2.75) is 45.1 Å². The summed E-state index contributed by atoms with van der Waals surface area (Å²) in [5, 5.41) is 0.607. The van der Waals surface area contributed by atoms with Gasteiger partial charge in [-0.2, -0.15) is 0 Å². The predicted octanol–water partition coefficient (Wildman–Crippen LogP) is 4.07. The van der Waals surface area contributed by atoms with Gasteiger partial charge in [0.2, 0.25) is 0 Å². The number of nitrogens with two attached hydrogens (primary N) is 1. The Morgan fingerprint density at radius 1 is 1.32 bits per heavy atom. The maximum atomic E-state index is 11.7. The second-order valence-electron chi connectivity index (χ2n) is 6.08. The van der Waals surface area contributed by atoms with Crippen molar-refractivity contribution in [1.29, 1.82) is 0 Å². The van der Waals surface area contributed by atoms with Gasteiger partial charge >= 0.3 is 6.03 Å². The highest BCUT2D eigenvalue weighted by Crippen LogP contribution is 2.27. The first-order valence-electron chi connectivity index (χ1n) is 8.01. The first kappa shape index (κ1) is 16.9. The zero-order valence-electron chi connectivity index (χ0n) is 13.1. The fourth-order valence-corrected chi connectivity index (χ4v) is 3.20. The number of benzene rings is 1. The molecule has 0 aromatic heterocycles. The molecule has 0 unspecified atom stereocenters. The van der Waals surface area contributed by atoms with Crippen LogP contribution in [-0.4, -0.2) is 30.1 Å². The van der Waals surface area contributed by atoms with E-state index in [4.69, 9.17) is 22.1 Å². The molecule has 4 nitrogen and oxygen atoms in total. The molecule has 1 aromatic rings. The van der Waals surface area contributed by atoms with Gasteiger partial charge in [0, 0.05) is 12.6 Å². The highest BCUT2D eigenvalue weighted by molar-refractivity contribution is 6.32. The van der Waals surface area contributed by atoms with Crippen LogP contribution in [0.2, 0.25) is 5.02 Å². The largest absolute Gasteiger partial charge is 0.492 e. The van der Waals surface area contributed by atoms with Crippen molar-refractivity contribution in [1.82, 2.24) is 4.90 Å². The normalized spacial score (nSPS) is 21.4. The lowest BCUT2D eigenvalue weighted by Gasteiger charge is -2.35. The lowest BCUT2D eigenvalue weighted by atomic mass is 9.86. The lowest BCUT2D eigenvalue weighted by Crippen LogP contribution is -2.45. The minimum Gasteiger partial charge on any atom is -0.492 e. The van der Waals surface area contributed by atoms with E-state index in [0.717, 1.165) is 25.2 Å². The van der Waals surface area contributed by atoms with Crippen LogP contribution in [0.1, 0.15) is 39.0 Å². The van der Waals surface area contributed by atoms with Crippen molar-refractivity contribution in [3.05, 3.63) is 29.3 Å². The smallest absolute Gasteiger partial charge is 0.315 e. The molecule has 0 atom stereocenters. The summed E-state index contributed by atoms with van der Waals surface area (Å²) in [6.45, 7) is 3.43. The van der Waals surface area contributed by atoms with Crippen LogP contribution in [0, 0.1) is 5.92 Å². The fraction of sp³-hybridized carbons (Fsp3) is 0.588. The van der Waals surface area contributed by atoms with Crippen LogP contribution in [0.5, 0.6) is 5.75 Å². The third kappa shape index (κ3) is 4.80. The zero-order valence-corrected chi connectivity index (χ0v) is 13.9. The van der Waals surface area contributed by atoms with Gasteiger partial charge in [0.1, 0.15) is 5.75 Å². The number of para-hydroxylation sites is 1. The Morgan fingerprint density at radius 3 is 2.64 bits per heavy atom. The second kappa shape index (κ2) is 8.28. The molecule has 0 spiro atoms. The molecule has 0 bridgehead atoms. The van der Waals surface area contributed by atoms with Gasteiger partial charge in [-0.05, 0) is 50.2 Å². The molecular formula is C17H25ClN2O2. The molecular weight excluding hydrogens is 300 g/mol. The minimum atomic E-state index is -0.322. The van der Waals surface area contributed by atoms with Crippen molar-refractivity contribution in [3.8, 4) is 5.75 Å². The number of amides is 2. The van der Waals surface area contributed by atoms with E-state index in [2.05, 4.69) is 6.92 Å². The number of urea groups is 1. The number of halogens is 1. The molecule has 0 saturated heterocycles. The number of ether oxygens (including phenoxy) is 1. The van der Waals surface area contributed by atoms with E-state index in [9.17, 15) is 4.79 Å². The van der Waals surface area contributed by atoms with E-state index >= 15 is 0 Å². The third-order valence-electron chi connectivity index (χ3n) is 4.35. The van der Waals surface area contributed by atoms with Gasteiger partial charge in [-0.1, -0.05) is 30.7 Å². The van der Waals surface area contributed by atoms with Crippen molar-refractivity contribution in [2.75, 3.05) is 13.2 Å². The molecule has 2 amide bonds. The first-order valence-corrected chi connectivity index (χ1v) is 8.39. The van der Waals surface area contributed by atoms with Crippen molar-refractivity contribution in [2.24, 2.45) is 11.7 Å². The van der Waals surface area contributed by atoms with Crippen LogP contribution in [0.25, 0.3) is 0 Å². The standard InChI is InChI=1S/C17H25ClN2O2/c1-13-7-9-14(10-8-13)20(17(19)21)11-4-12-22-16-6-3-2-5-15(16)18/h2-3,5-6,13-14H,4,7-12H2,1H3,(H2,19,21)/t13-,14-. The van der Waals surface area contributed by atoms with Crippen LogP contribution in [0.4, 0.5) is 4.79 Å². The molecule has 1 aliphatic rings. The van der Waals surface area contributed by atoms with Gasteiger partial charge in [-0.15, -0.1) is 0 Å². The van der Waals surface area contributed by atoms with E-state index in [1.807, 2.05) is 23.1 Å².